The summed E-state index contributed by atoms with van der Waals surface area (Å²) in [4.78, 5) is 0. The van der Waals surface area contributed by atoms with Gasteiger partial charge in [0.05, 0.1) is 4.32 Å². The van der Waals surface area contributed by atoms with Crippen LogP contribution in [0.3, 0.4) is 0 Å². The van der Waals surface area contributed by atoms with E-state index in [0.29, 0.717) is 0 Å². The molecule has 0 amide bonds. The summed E-state index contributed by atoms with van der Waals surface area (Å²) in [6.07, 6.45) is 10.4. The van der Waals surface area contributed by atoms with Gasteiger partial charge in [-0.15, -0.1) is 0 Å². The molecule has 1 atom stereocenters. The normalized spacial score (nSPS) is 26.2. The third kappa shape index (κ3) is 1.75. The predicted octanol–water partition coefficient (Wildman–Crippen LogP) is 3.61. The average Bonchev–Trinajstić information content (AvgIpc) is 2.20. The van der Waals surface area contributed by atoms with Gasteiger partial charge < -0.3 is 0 Å². The standard InChI is InChI=1S/C12H10Br/c13-12(9-5-2-6-10-12)11-7-3-1-4-8-11/h1-10H. The van der Waals surface area contributed by atoms with E-state index in [2.05, 4.69) is 64.8 Å². The van der Waals surface area contributed by atoms with Crippen LogP contribution in [0.4, 0.5) is 0 Å². The van der Waals surface area contributed by atoms with E-state index < -0.39 is 0 Å². The largest absolute Gasteiger partial charge is 0.0787 e. The topological polar surface area (TPSA) is 0 Å². The highest BCUT2D eigenvalue weighted by molar-refractivity contribution is 9.09. The minimum absolute atomic E-state index is 0.108. The van der Waals surface area contributed by atoms with Crippen molar-refractivity contribution >= 4 is 15.9 Å². The molecule has 1 unspecified atom stereocenters. The average molecular weight is 234 g/mol. The number of rotatable bonds is 1. The molecule has 0 N–H and O–H groups in total. The summed E-state index contributed by atoms with van der Waals surface area (Å²) in [5, 5.41) is 0. The van der Waals surface area contributed by atoms with Crippen LogP contribution in [-0.4, -0.2) is 0 Å². The van der Waals surface area contributed by atoms with Crippen molar-refractivity contribution in [3.8, 4) is 0 Å². The molecule has 0 bridgehead atoms. The molecular weight excluding hydrogens is 224 g/mol. The Hall–Kier alpha value is -0.820. The molecule has 13 heavy (non-hydrogen) atoms. The second-order valence-electron chi connectivity index (χ2n) is 3.04. The molecule has 0 saturated carbocycles. The Morgan fingerprint density at radius 1 is 0.923 bits per heavy atom. The van der Waals surface area contributed by atoms with Gasteiger partial charge in [-0.1, -0.05) is 70.6 Å². The number of allylic oxidation sites excluding steroid dienone is 4. The number of halogens is 1. The van der Waals surface area contributed by atoms with Gasteiger partial charge in [0.2, 0.25) is 0 Å². The van der Waals surface area contributed by atoms with Crippen molar-refractivity contribution < 1.29 is 0 Å². The lowest BCUT2D eigenvalue weighted by Gasteiger charge is -2.24. The van der Waals surface area contributed by atoms with Crippen LogP contribution in [0.5, 0.6) is 0 Å². The van der Waals surface area contributed by atoms with Crippen LogP contribution in [0.2, 0.25) is 0 Å². The van der Waals surface area contributed by atoms with E-state index >= 15 is 0 Å². The molecule has 0 aromatic heterocycles. The third-order valence-corrected chi connectivity index (χ3v) is 3.10. The van der Waals surface area contributed by atoms with Gasteiger partial charge in [0.25, 0.3) is 0 Å². The van der Waals surface area contributed by atoms with Crippen LogP contribution >= 0.6 is 15.9 Å². The van der Waals surface area contributed by atoms with Crippen molar-refractivity contribution in [2.75, 3.05) is 0 Å². The zero-order chi connectivity index (χ0) is 9.15. The molecule has 1 heteroatoms. The molecule has 0 nitrogen and oxygen atoms in total. The maximum absolute atomic E-state index is 3.71. The first-order chi connectivity index (χ1) is 6.31. The predicted molar refractivity (Wildman–Crippen MR) is 59.6 cm³/mol. The number of hydrogen-bond acceptors (Lipinski definition) is 0. The molecule has 0 fully saturated rings. The molecule has 0 saturated heterocycles. The smallest absolute Gasteiger partial charge is 0.0757 e. The van der Waals surface area contributed by atoms with Crippen LogP contribution in [0.25, 0.3) is 0 Å². The minimum Gasteiger partial charge on any atom is -0.0787 e. The van der Waals surface area contributed by atoms with Crippen LogP contribution in [0.1, 0.15) is 5.56 Å². The van der Waals surface area contributed by atoms with Crippen molar-refractivity contribution in [2.45, 2.75) is 4.32 Å². The highest BCUT2D eigenvalue weighted by Gasteiger charge is 2.25. The first kappa shape index (κ1) is 8.76. The Bertz CT molecular complexity index is 337. The van der Waals surface area contributed by atoms with Crippen LogP contribution in [0, 0.1) is 6.42 Å². The molecule has 0 aliphatic heterocycles. The summed E-state index contributed by atoms with van der Waals surface area (Å²) >= 11 is 3.71. The molecular formula is C12H10Br. The quantitative estimate of drug-likeness (QED) is 0.651. The molecule has 1 aliphatic carbocycles. The van der Waals surface area contributed by atoms with Gasteiger partial charge in [0.1, 0.15) is 0 Å². The summed E-state index contributed by atoms with van der Waals surface area (Å²) in [5.41, 5.74) is 1.26. The minimum atomic E-state index is -0.108. The van der Waals surface area contributed by atoms with E-state index in [1.165, 1.54) is 5.56 Å². The molecule has 1 radical (unpaired) electrons. The lowest BCUT2D eigenvalue weighted by Crippen LogP contribution is -2.15. The number of hydrogen-bond donors (Lipinski definition) is 0. The van der Waals surface area contributed by atoms with Gasteiger partial charge in [0, 0.05) is 6.42 Å². The van der Waals surface area contributed by atoms with Crippen LogP contribution < -0.4 is 0 Å². The Balaban J connectivity index is 2.35. The van der Waals surface area contributed by atoms with Gasteiger partial charge in [-0.2, -0.15) is 0 Å². The maximum Gasteiger partial charge on any atom is 0.0757 e. The second-order valence-corrected chi connectivity index (χ2v) is 4.36. The van der Waals surface area contributed by atoms with E-state index in [1.807, 2.05) is 12.1 Å². The highest BCUT2D eigenvalue weighted by Crippen LogP contribution is 2.37. The zero-order valence-corrected chi connectivity index (χ0v) is 8.74. The van der Waals surface area contributed by atoms with Gasteiger partial charge in [0.15, 0.2) is 0 Å². The lowest BCUT2D eigenvalue weighted by molar-refractivity contribution is 0.947. The van der Waals surface area contributed by atoms with Gasteiger partial charge in [-0.25, -0.2) is 0 Å². The van der Waals surface area contributed by atoms with Gasteiger partial charge in [-0.3, -0.25) is 0 Å². The summed E-state index contributed by atoms with van der Waals surface area (Å²) in [6, 6.07) is 10.4. The summed E-state index contributed by atoms with van der Waals surface area (Å²) in [7, 11) is 0. The highest BCUT2D eigenvalue weighted by atomic mass is 79.9. The van der Waals surface area contributed by atoms with Crippen molar-refractivity contribution in [1.82, 2.24) is 0 Å². The van der Waals surface area contributed by atoms with Crippen LogP contribution in [0.15, 0.2) is 54.6 Å². The third-order valence-electron chi connectivity index (χ3n) is 2.12. The van der Waals surface area contributed by atoms with Crippen molar-refractivity contribution in [1.29, 1.82) is 0 Å². The maximum atomic E-state index is 3.71. The molecule has 1 aliphatic rings. The van der Waals surface area contributed by atoms with E-state index in [0.717, 1.165) is 0 Å². The molecule has 1 aromatic rings. The number of alkyl halides is 1. The first-order valence-corrected chi connectivity index (χ1v) is 5.05. The fourth-order valence-electron chi connectivity index (χ4n) is 1.40. The van der Waals surface area contributed by atoms with Crippen LogP contribution in [-0.2, 0) is 4.32 Å². The summed E-state index contributed by atoms with van der Waals surface area (Å²) in [6.45, 7) is 0. The van der Waals surface area contributed by atoms with Crippen molar-refractivity contribution in [2.24, 2.45) is 0 Å². The fourth-order valence-corrected chi connectivity index (χ4v) is 1.97. The Morgan fingerprint density at radius 2 is 1.69 bits per heavy atom. The van der Waals surface area contributed by atoms with E-state index in [1.54, 1.807) is 0 Å². The lowest BCUT2D eigenvalue weighted by atomic mass is 9.92. The SMILES string of the molecule is BrC1(c2ccccc2)[CH]C=CC=C1. The zero-order valence-electron chi connectivity index (χ0n) is 7.15. The van der Waals surface area contributed by atoms with Gasteiger partial charge in [-0.05, 0) is 5.56 Å². The Kier molecular flexibility index (Phi) is 2.36. The van der Waals surface area contributed by atoms with Crippen molar-refractivity contribution in [3.63, 3.8) is 0 Å². The molecule has 2 rings (SSSR count). The van der Waals surface area contributed by atoms with E-state index in [9.17, 15) is 0 Å². The summed E-state index contributed by atoms with van der Waals surface area (Å²) < 4.78 is -0.108. The first-order valence-electron chi connectivity index (χ1n) is 4.26. The molecule has 0 spiro atoms. The fraction of sp³-hybridized carbons (Fsp3) is 0.0833. The monoisotopic (exact) mass is 233 g/mol. The van der Waals surface area contributed by atoms with E-state index in [4.69, 9.17) is 0 Å². The molecule has 0 heterocycles. The Labute approximate surface area is 87.1 Å². The second kappa shape index (κ2) is 3.51. The Morgan fingerprint density at radius 3 is 2.31 bits per heavy atom. The molecule has 65 valence electrons. The summed E-state index contributed by atoms with van der Waals surface area (Å²) in [5.74, 6) is 0. The number of benzene rings is 1. The van der Waals surface area contributed by atoms with Crippen molar-refractivity contribution in [3.05, 3.63) is 66.6 Å². The van der Waals surface area contributed by atoms with Gasteiger partial charge >= 0.3 is 0 Å². The molecule has 1 aromatic carbocycles. The van der Waals surface area contributed by atoms with E-state index in [-0.39, 0.29) is 4.32 Å².